The number of rotatable bonds is 3. The third-order valence-electron chi connectivity index (χ3n) is 4.89. The summed E-state index contributed by atoms with van der Waals surface area (Å²) in [6.45, 7) is 2.02. The van der Waals surface area contributed by atoms with Crippen LogP contribution in [-0.4, -0.2) is 37.2 Å². The van der Waals surface area contributed by atoms with Gasteiger partial charge in [0.1, 0.15) is 11.6 Å². The van der Waals surface area contributed by atoms with E-state index in [9.17, 15) is 17.2 Å². The van der Waals surface area contributed by atoms with Gasteiger partial charge in [0.15, 0.2) is 15.0 Å². The minimum absolute atomic E-state index is 0.0363. The summed E-state index contributed by atoms with van der Waals surface area (Å²) in [5.74, 6) is -0.865. The Morgan fingerprint density at radius 2 is 1.96 bits per heavy atom. The Bertz CT molecular complexity index is 1020. The van der Waals surface area contributed by atoms with Gasteiger partial charge in [-0.05, 0) is 30.2 Å². The smallest absolute Gasteiger partial charge is 0.164 e. The molecule has 27 heavy (non-hydrogen) atoms. The van der Waals surface area contributed by atoms with Crippen LogP contribution in [0.1, 0.15) is 11.1 Å². The molecular formula is C19H18F2N2O2S2. The fourth-order valence-electron chi connectivity index (χ4n) is 3.51. The summed E-state index contributed by atoms with van der Waals surface area (Å²) in [5.41, 5.74) is 2.44. The second-order valence-electron chi connectivity index (χ2n) is 6.80. The third kappa shape index (κ3) is 3.60. The molecule has 4 rings (SSSR count). The first-order valence-electron chi connectivity index (χ1n) is 8.54. The van der Waals surface area contributed by atoms with E-state index in [1.807, 2.05) is 31.2 Å². The number of fused-ring (bicyclic) bond motifs is 1. The van der Waals surface area contributed by atoms with Crippen LogP contribution in [0.15, 0.2) is 47.5 Å². The number of benzene rings is 2. The number of aryl methyl sites for hydroxylation is 1. The first-order valence-corrected chi connectivity index (χ1v) is 11.3. The van der Waals surface area contributed by atoms with Crippen LogP contribution in [0, 0.1) is 18.6 Å². The van der Waals surface area contributed by atoms with Gasteiger partial charge in [-0.1, -0.05) is 36.0 Å². The molecule has 2 aromatic rings. The number of hydrogen-bond donors (Lipinski definition) is 0. The van der Waals surface area contributed by atoms with Crippen molar-refractivity contribution in [1.29, 1.82) is 0 Å². The maximum Gasteiger partial charge on any atom is 0.164 e. The molecule has 1 saturated heterocycles. The van der Waals surface area contributed by atoms with E-state index in [2.05, 4.69) is 4.99 Å². The van der Waals surface area contributed by atoms with E-state index in [-0.39, 0.29) is 17.2 Å². The van der Waals surface area contributed by atoms with Crippen molar-refractivity contribution in [3.63, 3.8) is 0 Å². The van der Waals surface area contributed by atoms with Crippen LogP contribution in [0.25, 0.3) is 0 Å². The van der Waals surface area contributed by atoms with Gasteiger partial charge in [0.25, 0.3) is 0 Å². The molecule has 4 nitrogen and oxygen atoms in total. The summed E-state index contributed by atoms with van der Waals surface area (Å²) in [5, 5.41) is 0.577. The fourth-order valence-corrected chi connectivity index (χ4v) is 6.54. The predicted octanol–water partition coefficient (Wildman–Crippen LogP) is 3.55. The molecule has 0 unspecified atom stereocenters. The van der Waals surface area contributed by atoms with Crippen LogP contribution in [0.2, 0.25) is 0 Å². The van der Waals surface area contributed by atoms with Gasteiger partial charge in [0.05, 0.1) is 29.3 Å². The van der Waals surface area contributed by atoms with Gasteiger partial charge < -0.3 is 4.90 Å². The minimum Gasteiger partial charge on any atom is -0.312 e. The maximum absolute atomic E-state index is 14.5. The number of amidine groups is 1. The molecule has 142 valence electrons. The minimum atomic E-state index is -3.22. The summed E-state index contributed by atoms with van der Waals surface area (Å²) in [6, 6.07) is 10.4. The van der Waals surface area contributed by atoms with Crippen LogP contribution >= 0.6 is 11.8 Å². The SMILES string of the molecule is Cc1ccccc1CSC1=N[C@H]2CS(=O)(=O)C[C@H]2N1c1ccc(F)cc1F. The molecule has 0 amide bonds. The third-order valence-corrected chi connectivity index (χ3v) is 7.61. The highest BCUT2D eigenvalue weighted by atomic mass is 32.2. The van der Waals surface area contributed by atoms with E-state index in [1.54, 1.807) is 4.90 Å². The van der Waals surface area contributed by atoms with Gasteiger partial charge in [0, 0.05) is 11.8 Å². The number of halogens is 2. The average Bonchev–Trinajstić information content (AvgIpc) is 3.06. The molecule has 0 aromatic heterocycles. The van der Waals surface area contributed by atoms with Gasteiger partial charge in [-0.2, -0.15) is 0 Å². The summed E-state index contributed by atoms with van der Waals surface area (Å²) in [6.07, 6.45) is 0. The number of nitrogens with zero attached hydrogens (tertiary/aromatic N) is 2. The zero-order valence-electron chi connectivity index (χ0n) is 14.6. The van der Waals surface area contributed by atoms with Gasteiger partial charge in [-0.15, -0.1) is 0 Å². The molecule has 0 N–H and O–H groups in total. The molecule has 2 aliphatic rings. The number of anilines is 1. The van der Waals surface area contributed by atoms with E-state index in [4.69, 9.17) is 0 Å². The van der Waals surface area contributed by atoms with Crippen molar-refractivity contribution >= 4 is 32.5 Å². The van der Waals surface area contributed by atoms with Crippen molar-refractivity contribution in [2.45, 2.75) is 24.8 Å². The molecule has 2 aromatic carbocycles. The lowest BCUT2D eigenvalue weighted by molar-refractivity contribution is 0.577. The molecule has 0 spiro atoms. The van der Waals surface area contributed by atoms with E-state index >= 15 is 0 Å². The van der Waals surface area contributed by atoms with E-state index in [0.29, 0.717) is 10.9 Å². The van der Waals surface area contributed by atoms with Crippen molar-refractivity contribution in [1.82, 2.24) is 0 Å². The van der Waals surface area contributed by atoms with Crippen LogP contribution in [0.5, 0.6) is 0 Å². The number of thioether (sulfide) groups is 1. The van der Waals surface area contributed by atoms with Crippen LogP contribution in [0.4, 0.5) is 14.5 Å². The highest BCUT2D eigenvalue weighted by Gasteiger charge is 2.47. The monoisotopic (exact) mass is 408 g/mol. The predicted molar refractivity (Wildman–Crippen MR) is 105 cm³/mol. The standard InChI is InChI=1S/C19H18F2N2O2S2/c1-12-4-2-3-5-13(12)9-26-19-22-16-10-27(24,25)11-18(16)23(19)17-7-6-14(20)8-15(17)21/h2-8,16,18H,9-11H2,1H3/t16-,18+/m0/s1. The molecular weight excluding hydrogens is 390 g/mol. The lowest BCUT2D eigenvalue weighted by Gasteiger charge is -2.27. The molecule has 2 aliphatic heterocycles. The zero-order valence-corrected chi connectivity index (χ0v) is 16.2. The lowest BCUT2D eigenvalue weighted by Crippen LogP contribution is -2.39. The average molecular weight is 408 g/mol. The first kappa shape index (κ1) is 18.4. The van der Waals surface area contributed by atoms with E-state index in [1.165, 1.54) is 23.9 Å². The first-order chi connectivity index (χ1) is 12.8. The van der Waals surface area contributed by atoms with Crippen molar-refractivity contribution < 1.29 is 17.2 Å². The second kappa shape index (κ2) is 6.91. The molecule has 0 bridgehead atoms. The molecule has 2 heterocycles. The Labute approximate surface area is 161 Å². The van der Waals surface area contributed by atoms with Gasteiger partial charge in [-0.3, -0.25) is 4.99 Å². The Morgan fingerprint density at radius 3 is 2.70 bits per heavy atom. The maximum atomic E-state index is 14.5. The van der Waals surface area contributed by atoms with Crippen LogP contribution in [0.3, 0.4) is 0 Å². The van der Waals surface area contributed by atoms with Crippen LogP contribution < -0.4 is 4.90 Å². The lowest BCUT2D eigenvalue weighted by atomic mass is 10.1. The second-order valence-corrected chi connectivity index (χ2v) is 9.90. The Hall–Kier alpha value is -1.93. The van der Waals surface area contributed by atoms with Gasteiger partial charge >= 0.3 is 0 Å². The number of aliphatic imine (C=N–C) groups is 1. The van der Waals surface area contributed by atoms with Gasteiger partial charge in [-0.25, -0.2) is 17.2 Å². The highest BCUT2D eigenvalue weighted by Crippen LogP contribution is 2.37. The summed E-state index contributed by atoms with van der Waals surface area (Å²) in [4.78, 5) is 6.21. The fraction of sp³-hybridized carbons (Fsp3) is 0.316. The number of sulfone groups is 1. The molecule has 1 fully saturated rings. The number of hydrogen-bond acceptors (Lipinski definition) is 5. The van der Waals surface area contributed by atoms with E-state index in [0.717, 1.165) is 17.2 Å². The Balaban J connectivity index is 1.66. The summed E-state index contributed by atoms with van der Waals surface area (Å²) < 4.78 is 51.9. The normalized spacial score (nSPS) is 23.4. The molecule has 0 saturated carbocycles. The molecule has 0 radical (unpaired) electrons. The van der Waals surface area contributed by atoms with Crippen molar-refractivity contribution in [3.8, 4) is 0 Å². The summed E-state index contributed by atoms with van der Waals surface area (Å²) >= 11 is 1.44. The topological polar surface area (TPSA) is 49.7 Å². The molecule has 8 heteroatoms. The van der Waals surface area contributed by atoms with Crippen molar-refractivity contribution in [2.75, 3.05) is 16.4 Å². The van der Waals surface area contributed by atoms with Crippen LogP contribution in [-0.2, 0) is 15.6 Å². The van der Waals surface area contributed by atoms with Crippen molar-refractivity contribution in [2.24, 2.45) is 4.99 Å². The molecule has 0 aliphatic carbocycles. The summed E-state index contributed by atoms with van der Waals surface area (Å²) in [7, 11) is -3.22. The van der Waals surface area contributed by atoms with Gasteiger partial charge in [0.2, 0.25) is 0 Å². The highest BCUT2D eigenvalue weighted by molar-refractivity contribution is 8.13. The van der Waals surface area contributed by atoms with E-state index < -0.39 is 33.6 Å². The zero-order chi connectivity index (χ0) is 19.2. The van der Waals surface area contributed by atoms with Crippen molar-refractivity contribution in [3.05, 3.63) is 65.2 Å². The Morgan fingerprint density at radius 1 is 1.19 bits per heavy atom. The quantitative estimate of drug-likeness (QED) is 0.779. The molecule has 2 atom stereocenters. The Kier molecular flexibility index (Phi) is 4.71. The largest absolute Gasteiger partial charge is 0.312 e.